The van der Waals surface area contributed by atoms with Gasteiger partial charge in [0.1, 0.15) is 16.7 Å². The number of halogens is 5. The molecule has 1 heterocycles. The zero-order chi connectivity index (χ0) is 26.7. The number of hydrogen-bond donors (Lipinski definition) is 1. The second-order valence-electron chi connectivity index (χ2n) is 7.88. The molecule has 1 aliphatic rings. The van der Waals surface area contributed by atoms with E-state index in [0.29, 0.717) is 11.4 Å². The fraction of sp³-hybridized carbons (Fsp3) is 0.115. The Bertz CT molecular complexity index is 1420. The topological polar surface area (TPSA) is 73.2 Å². The predicted molar refractivity (Wildman–Crippen MR) is 141 cm³/mol. The molecule has 1 atom stereocenters. The molecule has 5 nitrogen and oxygen atoms in total. The Labute approximate surface area is 228 Å². The van der Waals surface area contributed by atoms with Crippen LogP contribution < -0.4 is 10.2 Å². The summed E-state index contributed by atoms with van der Waals surface area (Å²) in [6, 6.07) is 19.9. The minimum atomic E-state index is -4.58. The summed E-state index contributed by atoms with van der Waals surface area (Å²) in [6.07, 6.45) is -4.71. The number of amides is 2. The largest absolute Gasteiger partial charge is 0.416 e. The van der Waals surface area contributed by atoms with Crippen LogP contribution in [0.15, 0.2) is 87.9 Å². The van der Waals surface area contributed by atoms with Gasteiger partial charge in [0.25, 0.3) is 5.91 Å². The Balaban J connectivity index is 1.72. The number of benzene rings is 3. The Morgan fingerprint density at radius 2 is 1.78 bits per heavy atom. The number of carbonyl (C=O) groups is 2. The molecule has 3 aromatic rings. The highest BCUT2D eigenvalue weighted by molar-refractivity contribution is 9.10. The molecule has 0 unspecified atom stereocenters. The number of para-hydroxylation sites is 1. The van der Waals surface area contributed by atoms with Gasteiger partial charge in [0, 0.05) is 20.9 Å². The summed E-state index contributed by atoms with van der Waals surface area (Å²) in [5, 5.41) is 11.8. The number of nitrogens with zero attached hydrogens (tertiary/aromatic N) is 2. The fourth-order valence-electron chi connectivity index (χ4n) is 3.63. The van der Waals surface area contributed by atoms with Crippen molar-refractivity contribution in [2.45, 2.75) is 17.8 Å². The number of nitrogens with one attached hydrogen (secondary N) is 1. The number of anilines is 2. The van der Waals surface area contributed by atoms with E-state index < -0.39 is 28.8 Å². The van der Waals surface area contributed by atoms with Gasteiger partial charge < -0.3 is 5.32 Å². The van der Waals surface area contributed by atoms with E-state index in [1.54, 1.807) is 54.6 Å². The van der Waals surface area contributed by atoms with Crippen LogP contribution in [0.25, 0.3) is 0 Å². The number of hydrogen-bond acceptors (Lipinski definition) is 4. The van der Waals surface area contributed by atoms with Crippen LogP contribution in [0.2, 0.25) is 5.02 Å². The van der Waals surface area contributed by atoms with Crippen molar-refractivity contribution in [3.05, 3.63) is 104 Å². The van der Waals surface area contributed by atoms with Crippen LogP contribution in [0.5, 0.6) is 0 Å². The number of carbonyl (C=O) groups excluding carboxylic acids is 2. The van der Waals surface area contributed by atoms with Gasteiger partial charge in [-0.15, -0.1) is 0 Å². The van der Waals surface area contributed by atoms with Gasteiger partial charge in [-0.1, -0.05) is 57.5 Å². The zero-order valence-corrected chi connectivity index (χ0v) is 21.9. The molecule has 37 heavy (non-hydrogen) atoms. The van der Waals surface area contributed by atoms with Gasteiger partial charge in [0.05, 0.1) is 10.8 Å². The van der Waals surface area contributed by atoms with Gasteiger partial charge in [-0.2, -0.15) is 18.4 Å². The minimum Gasteiger partial charge on any atom is -0.321 e. The quantitative estimate of drug-likeness (QED) is 0.247. The van der Waals surface area contributed by atoms with E-state index in [1.165, 1.54) is 4.90 Å². The molecule has 4 rings (SSSR count). The molecule has 0 bridgehead atoms. The molecule has 1 aliphatic heterocycles. The van der Waals surface area contributed by atoms with E-state index in [4.69, 9.17) is 11.6 Å². The third-order valence-electron chi connectivity index (χ3n) is 5.40. The Kier molecular flexibility index (Phi) is 7.97. The maximum Gasteiger partial charge on any atom is 0.416 e. The Hall–Kier alpha value is -3.26. The van der Waals surface area contributed by atoms with Gasteiger partial charge in [-0.3, -0.25) is 14.5 Å². The van der Waals surface area contributed by atoms with Crippen LogP contribution in [0.4, 0.5) is 24.5 Å². The molecule has 2 amide bonds. The van der Waals surface area contributed by atoms with E-state index in [2.05, 4.69) is 21.2 Å². The summed E-state index contributed by atoms with van der Waals surface area (Å²) in [6.45, 7) is 0. The average molecular weight is 607 g/mol. The molecule has 0 aliphatic carbocycles. The van der Waals surface area contributed by atoms with Gasteiger partial charge in [-0.05, 0) is 66.6 Å². The minimum absolute atomic E-state index is 0.0820. The summed E-state index contributed by atoms with van der Waals surface area (Å²) in [4.78, 5) is 27.8. The van der Waals surface area contributed by atoms with Crippen molar-refractivity contribution in [1.29, 1.82) is 5.26 Å². The van der Waals surface area contributed by atoms with Gasteiger partial charge >= 0.3 is 6.18 Å². The number of thioether (sulfide) groups is 1. The van der Waals surface area contributed by atoms with Gasteiger partial charge in [0.15, 0.2) is 0 Å². The smallest absolute Gasteiger partial charge is 0.321 e. The van der Waals surface area contributed by atoms with Crippen molar-refractivity contribution in [3.8, 4) is 6.07 Å². The third-order valence-corrected chi connectivity index (χ3v) is 7.56. The van der Waals surface area contributed by atoms with Crippen molar-refractivity contribution >= 4 is 62.5 Å². The number of alkyl halides is 3. The standard InChI is InChI=1S/C26H16BrClF3N3O2S/c27-17-7-9-18(10-8-17)33-23(35)20(14-32)25-34(19-4-2-1-3-5-19)24(36)22(37-25)13-15-12-16(26(29,30)31)6-11-21(15)28/h1-12,22H,13H2,(H,33,35)/b25-20-/t22-/m0/s1. The van der Waals surface area contributed by atoms with Crippen LogP contribution in [-0.2, 0) is 22.2 Å². The molecule has 3 aromatic carbocycles. The highest BCUT2D eigenvalue weighted by atomic mass is 79.9. The molecule has 1 saturated heterocycles. The average Bonchev–Trinajstić information content (AvgIpc) is 3.17. The highest BCUT2D eigenvalue weighted by Gasteiger charge is 2.41. The van der Waals surface area contributed by atoms with Crippen molar-refractivity contribution in [2.75, 3.05) is 10.2 Å². The summed E-state index contributed by atoms with van der Waals surface area (Å²) in [5.41, 5.74) is -0.201. The lowest BCUT2D eigenvalue weighted by Crippen LogP contribution is -2.31. The SMILES string of the molecule is N#C/C(C(=O)Nc1ccc(Br)cc1)=C1/S[C@@H](Cc2cc(C(F)(F)F)ccc2Cl)C(=O)N1c1ccccc1. The van der Waals surface area contributed by atoms with Crippen molar-refractivity contribution < 1.29 is 22.8 Å². The summed E-state index contributed by atoms with van der Waals surface area (Å²) in [7, 11) is 0. The van der Waals surface area contributed by atoms with Gasteiger partial charge in [0.2, 0.25) is 5.91 Å². The van der Waals surface area contributed by atoms with Crippen molar-refractivity contribution in [1.82, 2.24) is 0 Å². The van der Waals surface area contributed by atoms with Crippen LogP contribution in [0.3, 0.4) is 0 Å². The van der Waals surface area contributed by atoms with Crippen molar-refractivity contribution in [3.63, 3.8) is 0 Å². The molecule has 11 heteroatoms. The highest BCUT2D eigenvalue weighted by Crippen LogP contribution is 2.43. The normalized spacial score (nSPS) is 16.9. The Morgan fingerprint density at radius 3 is 2.41 bits per heavy atom. The van der Waals surface area contributed by atoms with Crippen LogP contribution in [0.1, 0.15) is 11.1 Å². The molecular formula is C26H16BrClF3N3O2S. The zero-order valence-electron chi connectivity index (χ0n) is 18.7. The lowest BCUT2D eigenvalue weighted by molar-refractivity contribution is -0.137. The van der Waals surface area contributed by atoms with Gasteiger partial charge in [-0.25, -0.2) is 0 Å². The monoisotopic (exact) mass is 605 g/mol. The lowest BCUT2D eigenvalue weighted by Gasteiger charge is -2.18. The maximum atomic E-state index is 13.5. The number of rotatable bonds is 5. The van der Waals surface area contributed by atoms with E-state index in [1.807, 2.05) is 6.07 Å². The maximum absolute atomic E-state index is 13.5. The predicted octanol–water partition coefficient (Wildman–Crippen LogP) is 7.19. The first-order chi connectivity index (χ1) is 17.6. The second kappa shape index (κ2) is 11.0. The van der Waals surface area contributed by atoms with E-state index in [-0.39, 0.29) is 27.6 Å². The molecule has 188 valence electrons. The summed E-state index contributed by atoms with van der Waals surface area (Å²) < 4.78 is 40.6. The van der Waals surface area contributed by atoms with Crippen molar-refractivity contribution in [2.24, 2.45) is 0 Å². The first kappa shape index (κ1) is 26.8. The molecule has 0 spiro atoms. The summed E-state index contributed by atoms with van der Waals surface area (Å²) >= 11 is 10.4. The van der Waals surface area contributed by atoms with E-state index in [0.717, 1.165) is 34.4 Å². The molecule has 0 saturated carbocycles. The molecule has 1 N–H and O–H groups in total. The molecular weight excluding hydrogens is 591 g/mol. The lowest BCUT2D eigenvalue weighted by atomic mass is 10.0. The molecule has 0 radical (unpaired) electrons. The first-order valence-corrected chi connectivity index (χ1v) is 12.8. The first-order valence-electron chi connectivity index (χ1n) is 10.7. The van der Waals surface area contributed by atoms with E-state index in [9.17, 15) is 28.0 Å². The van der Waals surface area contributed by atoms with Crippen LogP contribution >= 0.6 is 39.3 Å². The molecule has 1 fully saturated rings. The molecule has 0 aromatic heterocycles. The van der Waals surface area contributed by atoms with E-state index >= 15 is 0 Å². The second-order valence-corrected chi connectivity index (χ2v) is 10.4. The third kappa shape index (κ3) is 6.01. The summed E-state index contributed by atoms with van der Waals surface area (Å²) in [5.74, 6) is -1.21. The number of nitriles is 1. The Morgan fingerprint density at radius 1 is 1.11 bits per heavy atom. The fourth-order valence-corrected chi connectivity index (χ4v) is 5.39. The van der Waals surface area contributed by atoms with Crippen LogP contribution in [0, 0.1) is 11.3 Å². The van der Waals surface area contributed by atoms with Crippen LogP contribution in [-0.4, -0.2) is 17.1 Å².